The zero-order valence-electron chi connectivity index (χ0n) is 10.9. The van der Waals surface area contributed by atoms with Crippen LogP contribution in [0.5, 0.6) is 0 Å². The van der Waals surface area contributed by atoms with Crippen LogP contribution in [0.2, 0.25) is 0 Å². The number of hydrogen-bond donors (Lipinski definition) is 2. The van der Waals surface area contributed by atoms with E-state index in [0.717, 1.165) is 6.42 Å². The van der Waals surface area contributed by atoms with Crippen LogP contribution in [-0.4, -0.2) is 26.0 Å². The minimum absolute atomic E-state index is 0.114. The van der Waals surface area contributed by atoms with Crippen LogP contribution in [-0.2, 0) is 10.0 Å². The van der Waals surface area contributed by atoms with E-state index in [1.54, 1.807) is 6.92 Å². The number of carbonyl (C=O) groups is 1. The summed E-state index contributed by atoms with van der Waals surface area (Å²) in [5.41, 5.74) is 0.560. The Hall–Kier alpha value is -1.40. The van der Waals surface area contributed by atoms with Crippen LogP contribution >= 0.6 is 0 Å². The van der Waals surface area contributed by atoms with Crippen LogP contribution < -0.4 is 4.72 Å². The molecule has 1 saturated carbocycles. The van der Waals surface area contributed by atoms with Gasteiger partial charge in [-0.25, -0.2) is 17.9 Å². The largest absolute Gasteiger partial charge is 0.478 e. The van der Waals surface area contributed by atoms with Gasteiger partial charge < -0.3 is 5.11 Å². The molecule has 0 amide bonds. The van der Waals surface area contributed by atoms with Crippen LogP contribution in [0.25, 0.3) is 0 Å². The van der Waals surface area contributed by atoms with Crippen molar-refractivity contribution in [2.75, 3.05) is 6.54 Å². The average Bonchev–Trinajstić information content (AvgIpc) is 3.02. The van der Waals surface area contributed by atoms with E-state index in [4.69, 9.17) is 5.11 Å². The van der Waals surface area contributed by atoms with Gasteiger partial charge in [-0.1, -0.05) is 6.92 Å². The lowest BCUT2D eigenvalue weighted by Crippen LogP contribution is -2.26. The number of benzene rings is 1. The quantitative estimate of drug-likeness (QED) is 0.860. The SMILES string of the molecule is Cc1cc(S(=O)(=O)NCC2CC2C)ccc1C(=O)O. The highest BCUT2D eigenvalue weighted by Gasteiger charge is 2.33. The summed E-state index contributed by atoms with van der Waals surface area (Å²) in [6.07, 6.45) is 1.06. The van der Waals surface area contributed by atoms with Gasteiger partial charge in [0, 0.05) is 6.54 Å². The van der Waals surface area contributed by atoms with E-state index in [-0.39, 0.29) is 10.5 Å². The molecule has 104 valence electrons. The standard InChI is InChI=1S/C13H17NO4S/c1-8-5-10(8)7-14-19(17,18)11-3-4-12(13(15)16)9(2)6-11/h3-4,6,8,10,14H,5,7H2,1-2H3,(H,15,16). The molecule has 1 aliphatic rings. The van der Waals surface area contributed by atoms with Gasteiger partial charge in [0.25, 0.3) is 0 Å². The second-order valence-corrected chi connectivity index (χ2v) is 6.87. The van der Waals surface area contributed by atoms with Gasteiger partial charge in [0.15, 0.2) is 0 Å². The Balaban J connectivity index is 2.16. The third kappa shape index (κ3) is 3.13. The maximum Gasteiger partial charge on any atom is 0.335 e. The molecule has 0 aliphatic heterocycles. The Morgan fingerprint density at radius 2 is 2.11 bits per heavy atom. The number of aromatic carboxylic acids is 1. The van der Waals surface area contributed by atoms with Gasteiger partial charge in [0.05, 0.1) is 10.5 Å². The van der Waals surface area contributed by atoms with Crippen molar-refractivity contribution in [2.45, 2.75) is 25.2 Å². The van der Waals surface area contributed by atoms with E-state index in [0.29, 0.717) is 23.9 Å². The number of aryl methyl sites for hydroxylation is 1. The summed E-state index contributed by atoms with van der Waals surface area (Å²) in [4.78, 5) is 11.0. The molecule has 0 radical (unpaired) electrons. The Bertz CT molecular complexity index is 609. The van der Waals surface area contributed by atoms with Crippen molar-refractivity contribution in [2.24, 2.45) is 11.8 Å². The van der Waals surface area contributed by atoms with Crippen LogP contribution in [0.1, 0.15) is 29.3 Å². The summed E-state index contributed by atoms with van der Waals surface area (Å²) < 4.78 is 26.7. The Kier molecular flexibility index (Phi) is 3.64. The Labute approximate surface area is 112 Å². The van der Waals surface area contributed by atoms with Crippen LogP contribution in [0.4, 0.5) is 0 Å². The molecule has 1 aromatic carbocycles. The predicted octanol–water partition coefficient (Wildman–Crippen LogP) is 1.63. The Morgan fingerprint density at radius 3 is 2.58 bits per heavy atom. The van der Waals surface area contributed by atoms with Crippen LogP contribution in [0.15, 0.2) is 23.1 Å². The summed E-state index contributed by atoms with van der Waals surface area (Å²) in [5, 5.41) is 8.91. The number of rotatable bonds is 5. The smallest absolute Gasteiger partial charge is 0.335 e. The molecule has 0 heterocycles. The third-order valence-corrected chi connectivity index (χ3v) is 4.97. The lowest BCUT2D eigenvalue weighted by molar-refractivity contribution is 0.0696. The van der Waals surface area contributed by atoms with Crippen molar-refractivity contribution in [3.05, 3.63) is 29.3 Å². The molecule has 0 spiro atoms. The first kappa shape index (κ1) is 14.0. The molecule has 0 aromatic heterocycles. The van der Waals surface area contributed by atoms with E-state index in [9.17, 15) is 13.2 Å². The van der Waals surface area contributed by atoms with E-state index in [1.165, 1.54) is 18.2 Å². The van der Waals surface area contributed by atoms with Crippen molar-refractivity contribution in [3.8, 4) is 0 Å². The molecular weight excluding hydrogens is 266 g/mol. The molecule has 2 N–H and O–H groups in total. The number of hydrogen-bond acceptors (Lipinski definition) is 3. The van der Waals surface area contributed by atoms with Crippen LogP contribution in [0.3, 0.4) is 0 Å². The Morgan fingerprint density at radius 1 is 1.47 bits per heavy atom. The maximum atomic E-state index is 12.0. The van der Waals surface area contributed by atoms with Gasteiger partial charge in [-0.05, 0) is 48.9 Å². The lowest BCUT2D eigenvalue weighted by atomic mass is 10.1. The monoisotopic (exact) mass is 283 g/mol. The summed E-state index contributed by atoms with van der Waals surface area (Å²) in [5.74, 6) is -0.0470. The highest BCUT2D eigenvalue weighted by Crippen LogP contribution is 2.37. The molecule has 2 unspecified atom stereocenters. The third-order valence-electron chi connectivity index (χ3n) is 3.55. The highest BCUT2D eigenvalue weighted by molar-refractivity contribution is 7.89. The first-order valence-electron chi connectivity index (χ1n) is 6.15. The zero-order chi connectivity index (χ0) is 14.2. The van der Waals surface area contributed by atoms with Crippen molar-refractivity contribution in [3.63, 3.8) is 0 Å². The van der Waals surface area contributed by atoms with Gasteiger partial charge in [-0.3, -0.25) is 0 Å². The first-order chi connectivity index (χ1) is 8.81. The summed E-state index contributed by atoms with van der Waals surface area (Å²) >= 11 is 0. The molecule has 0 bridgehead atoms. The molecule has 6 heteroatoms. The normalized spacial score (nSPS) is 22.2. The van der Waals surface area contributed by atoms with Crippen molar-refractivity contribution < 1.29 is 18.3 Å². The maximum absolute atomic E-state index is 12.0. The summed E-state index contributed by atoms with van der Waals surface area (Å²) in [6.45, 7) is 4.12. The fraction of sp³-hybridized carbons (Fsp3) is 0.462. The fourth-order valence-corrected chi connectivity index (χ4v) is 3.21. The predicted molar refractivity (Wildman–Crippen MR) is 70.6 cm³/mol. The summed E-state index contributed by atoms with van der Waals surface area (Å²) in [6, 6.07) is 4.04. The lowest BCUT2D eigenvalue weighted by Gasteiger charge is -2.08. The number of sulfonamides is 1. The van der Waals surface area contributed by atoms with Gasteiger partial charge in [0.2, 0.25) is 10.0 Å². The molecule has 19 heavy (non-hydrogen) atoms. The molecular formula is C13H17NO4S. The number of nitrogens with one attached hydrogen (secondary N) is 1. The van der Waals surface area contributed by atoms with Crippen molar-refractivity contribution >= 4 is 16.0 Å². The van der Waals surface area contributed by atoms with Gasteiger partial charge >= 0.3 is 5.97 Å². The number of carboxylic acid groups (broad SMARTS) is 1. The molecule has 2 atom stereocenters. The van der Waals surface area contributed by atoms with Gasteiger partial charge in [-0.15, -0.1) is 0 Å². The average molecular weight is 283 g/mol. The van der Waals surface area contributed by atoms with Crippen LogP contribution in [0, 0.1) is 18.8 Å². The zero-order valence-corrected chi connectivity index (χ0v) is 11.7. The summed E-state index contributed by atoms with van der Waals surface area (Å²) in [7, 11) is -3.55. The topological polar surface area (TPSA) is 83.5 Å². The van der Waals surface area contributed by atoms with Gasteiger partial charge in [0.1, 0.15) is 0 Å². The first-order valence-corrected chi connectivity index (χ1v) is 7.63. The molecule has 1 aliphatic carbocycles. The molecule has 1 fully saturated rings. The highest BCUT2D eigenvalue weighted by atomic mass is 32.2. The minimum Gasteiger partial charge on any atom is -0.478 e. The van der Waals surface area contributed by atoms with E-state index >= 15 is 0 Å². The fourth-order valence-electron chi connectivity index (χ4n) is 2.03. The molecule has 1 aromatic rings. The minimum atomic E-state index is -3.55. The molecule has 5 nitrogen and oxygen atoms in total. The van der Waals surface area contributed by atoms with E-state index < -0.39 is 16.0 Å². The second-order valence-electron chi connectivity index (χ2n) is 5.11. The second kappa shape index (κ2) is 4.94. The van der Waals surface area contributed by atoms with E-state index in [2.05, 4.69) is 11.6 Å². The van der Waals surface area contributed by atoms with Crippen molar-refractivity contribution in [1.29, 1.82) is 0 Å². The number of carboxylic acids is 1. The molecule has 0 saturated heterocycles. The molecule has 2 rings (SSSR count). The van der Waals surface area contributed by atoms with Gasteiger partial charge in [-0.2, -0.15) is 0 Å². The van der Waals surface area contributed by atoms with E-state index in [1.807, 2.05) is 0 Å². The van der Waals surface area contributed by atoms with Crippen molar-refractivity contribution in [1.82, 2.24) is 4.72 Å².